The van der Waals surface area contributed by atoms with E-state index < -0.39 is 0 Å². The molecule has 2 N–H and O–H groups in total. The van der Waals surface area contributed by atoms with Crippen molar-refractivity contribution in [2.45, 2.75) is 6.92 Å². The molecule has 2 aromatic rings. The standard InChI is InChI=1S/C11H11ClN4O2/c1-2-18-9-4-3-7(5-8(9)12)15-11(17)10-13-6-14-16-10/h3-6H,2H2,1H3,(H,15,17)(H,13,14,16). The Kier molecular flexibility index (Phi) is 3.78. The summed E-state index contributed by atoms with van der Waals surface area (Å²) in [6.07, 6.45) is 1.26. The Morgan fingerprint density at radius 1 is 1.56 bits per heavy atom. The summed E-state index contributed by atoms with van der Waals surface area (Å²) >= 11 is 6.00. The molecule has 0 saturated heterocycles. The summed E-state index contributed by atoms with van der Waals surface area (Å²) in [5, 5.41) is 9.15. The summed E-state index contributed by atoms with van der Waals surface area (Å²) in [7, 11) is 0. The van der Waals surface area contributed by atoms with Gasteiger partial charge in [0.1, 0.15) is 12.1 Å². The summed E-state index contributed by atoms with van der Waals surface area (Å²) in [6.45, 7) is 2.40. The largest absolute Gasteiger partial charge is 0.492 e. The highest BCUT2D eigenvalue weighted by Gasteiger charge is 2.10. The van der Waals surface area contributed by atoms with E-state index in [-0.39, 0.29) is 11.7 Å². The molecule has 0 saturated carbocycles. The van der Waals surface area contributed by atoms with Crippen LogP contribution >= 0.6 is 11.6 Å². The number of benzene rings is 1. The van der Waals surface area contributed by atoms with Crippen LogP contribution in [0.2, 0.25) is 5.02 Å². The summed E-state index contributed by atoms with van der Waals surface area (Å²) in [6, 6.07) is 5.01. The minimum atomic E-state index is -0.382. The Labute approximate surface area is 108 Å². The van der Waals surface area contributed by atoms with Gasteiger partial charge in [0.2, 0.25) is 5.82 Å². The lowest BCUT2D eigenvalue weighted by Gasteiger charge is -2.08. The van der Waals surface area contributed by atoms with Gasteiger partial charge in [0.05, 0.1) is 11.6 Å². The number of hydrogen-bond donors (Lipinski definition) is 2. The molecule has 0 aliphatic carbocycles. The molecule has 1 aromatic carbocycles. The fourth-order valence-corrected chi connectivity index (χ4v) is 1.59. The number of nitrogens with zero attached hydrogens (tertiary/aromatic N) is 2. The molecule has 0 spiro atoms. The maximum atomic E-state index is 11.7. The highest BCUT2D eigenvalue weighted by Crippen LogP contribution is 2.27. The van der Waals surface area contributed by atoms with Gasteiger partial charge in [0.15, 0.2) is 0 Å². The van der Waals surface area contributed by atoms with Crippen molar-refractivity contribution in [1.29, 1.82) is 0 Å². The Morgan fingerprint density at radius 2 is 2.39 bits per heavy atom. The monoisotopic (exact) mass is 266 g/mol. The van der Waals surface area contributed by atoms with Crippen LogP contribution in [-0.4, -0.2) is 27.7 Å². The van der Waals surface area contributed by atoms with Crippen molar-refractivity contribution in [2.24, 2.45) is 0 Å². The Balaban J connectivity index is 2.11. The normalized spacial score (nSPS) is 10.1. The van der Waals surface area contributed by atoms with Crippen molar-refractivity contribution < 1.29 is 9.53 Å². The van der Waals surface area contributed by atoms with Crippen LogP contribution in [0.25, 0.3) is 0 Å². The quantitative estimate of drug-likeness (QED) is 0.888. The third kappa shape index (κ3) is 2.78. The molecule has 0 unspecified atom stereocenters. The molecule has 1 aromatic heterocycles. The molecular weight excluding hydrogens is 256 g/mol. The number of aromatic nitrogens is 3. The van der Waals surface area contributed by atoms with Gasteiger partial charge in [-0.05, 0) is 25.1 Å². The number of anilines is 1. The van der Waals surface area contributed by atoms with Crippen molar-refractivity contribution in [2.75, 3.05) is 11.9 Å². The topological polar surface area (TPSA) is 79.9 Å². The predicted octanol–water partition coefficient (Wildman–Crippen LogP) is 2.11. The summed E-state index contributed by atoms with van der Waals surface area (Å²) < 4.78 is 5.30. The van der Waals surface area contributed by atoms with Crippen LogP contribution in [0, 0.1) is 0 Å². The number of carbonyl (C=O) groups excluding carboxylic acids is 1. The zero-order chi connectivity index (χ0) is 13.0. The average molecular weight is 267 g/mol. The zero-order valence-electron chi connectivity index (χ0n) is 9.61. The number of nitrogens with one attached hydrogen (secondary N) is 2. The minimum absolute atomic E-state index is 0.139. The van der Waals surface area contributed by atoms with Gasteiger partial charge < -0.3 is 10.1 Å². The molecule has 7 heteroatoms. The summed E-state index contributed by atoms with van der Waals surface area (Å²) in [5.74, 6) is 0.338. The molecule has 0 radical (unpaired) electrons. The fraction of sp³-hybridized carbons (Fsp3) is 0.182. The molecule has 0 atom stereocenters. The number of hydrogen-bond acceptors (Lipinski definition) is 4. The lowest BCUT2D eigenvalue weighted by Crippen LogP contribution is -2.13. The molecule has 1 heterocycles. The number of H-pyrrole nitrogens is 1. The van der Waals surface area contributed by atoms with E-state index in [0.29, 0.717) is 23.1 Å². The van der Waals surface area contributed by atoms with Crippen LogP contribution in [0.3, 0.4) is 0 Å². The van der Waals surface area contributed by atoms with Crippen LogP contribution in [0.15, 0.2) is 24.5 Å². The van der Waals surface area contributed by atoms with Crippen molar-refractivity contribution in [1.82, 2.24) is 15.2 Å². The van der Waals surface area contributed by atoms with Gasteiger partial charge >= 0.3 is 0 Å². The van der Waals surface area contributed by atoms with Crippen LogP contribution in [-0.2, 0) is 0 Å². The van der Waals surface area contributed by atoms with Crippen LogP contribution < -0.4 is 10.1 Å². The lowest BCUT2D eigenvalue weighted by molar-refractivity contribution is 0.101. The first-order chi connectivity index (χ1) is 8.70. The number of amides is 1. The first kappa shape index (κ1) is 12.4. The summed E-state index contributed by atoms with van der Waals surface area (Å²) in [5.41, 5.74) is 0.560. The van der Waals surface area contributed by atoms with Gasteiger partial charge in [0, 0.05) is 5.69 Å². The van der Waals surface area contributed by atoms with Gasteiger partial charge in [-0.3, -0.25) is 9.89 Å². The number of halogens is 1. The third-order valence-corrected chi connectivity index (χ3v) is 2.42. The van der Waals surface area contributed by atoms with E-state index in [0.717, 1.165) is 0 Å². The molecule has 0 bridgehead atoms. The second-order valence-corrected chi connectivity index (χ2v) is 3.77. The van der Waals surface area contributed by atoms with Crippen LogP contribution in [0.5, 0.6) is 5.75 Å². The first-order valence-corrected chi connectivity index (χ1v) is 5.67. The van der Waals surface area contributed by atoms with E-state index >= 15 is 0 Å². The number of carbonyl (C=O) groups is 1. The molecule has 0 aliphatic rings. The van der Waals surface area contributed by atoms with Gasteiger partial charge in [-0.15, -0.1) is 0 Å². The molecule has 6 nitrogen and oxygen atoms in total. The number of rotatable bonds is 4. The Bertz CT molecular complexity index is 542. The van der Waals surface area contributed by atoms with E-state index in [1.165, 1.54) is 6.33 Å². The Morgan fingerprint density at radius 3 is 3.00 bits per heavy atom. The molecule has 2 rings (SSSR count). The SMILES string of the molecule is CCOc1ccc(NC(=O)c2ncn[nH]2)cc1Cl. The third-order valence-electron chi connectivity index (χ3n) is 2.12. The van der Waals surface area contributed by atoms with Crippen molar-refractivity contribution >= 4 is 23.2 Å². The van der Waals surface area contributed by atoms with Crippen LogP contribution in [0.1, 0.15) is 17.5 Å². The van der Waals surface area contributed by atoms with Gasteiger partial charge in [-0.25, -0.2) is 4.98 Å². The second kappa shape index (κ2) is 5.50. The first-order valence-electron chi connectivity index (χ1n) is 5.29. The van der Waals surface area contributed by atoms with E-state index in [1.807, 2.05) is 6.92 Å². The fourth-order valence-electron chi connectivity index (χ4n) is 1.36. The van der Waals surface area contributed by atoms with Crippen LogP contribution in [0.4, 0.5) is 5.69 Å². The molecule has 1 amide bonds. The highest BCUT2D eigenvalue weighted by atomic mass is 35.5. The van der Waals surface area contributed by atoms with Gasteiger partial charge in [-0.2, -0.15) is 5.10 Å². The van der Waals surface area contributed by atoms with Gasteiger partial charge in [0.25, 0.3) is 5.91 Å². The number of aromatic amines is 1. The van der Waals surface area contributed by atoms with E-state index in [9.17, 15) is 4.79 Å². The Hall–Kier alpha value is -2.08. The lowest BCUT2D eigenvalue weighted by atomic mass is 10.3. The maximum Gasteiger partial charge on any atom is 0.292 e. The molecule has 0 aliphatic heterocycles. The van der Waals surface area contributed by atoms with Crippen molar-refractivity contribution in [3.63, 3.8) is 0 Å². The van der Waals surface area contributed by atoms with Crippen molar-refractivity contribution in [3.8, 4) is 5.75 Å². The van der Waals surface area contributed by atoms with E-state index in [1.54, 1.807) is 18.2 Å². The zero-order valence-corrected chi connectivity index (χ0v) is 10.4. The smallest absolute Gasteiger partial charge is 0.292 e. The predicted molar refractivity (Wildman–Crippen MR) is 67.0 cm³/mol. The molecular formula is C11H11ClN4O2. The van der Waals surface area contributed by atoms with E-state index in [4.69, 9.17) is 16.3 Å². The number of ether oxygens (including phenoxy) is 1. The average Bonchev–Trinajstić information content (AvgIpc) is 2.86. The molecule has 18 heavy (non-hydrogen) atoms. The maximum absolute atomic E-state index is 11.7. The summed E-state index contributed by atoms with van der Waals surface area (Å²) in [4.78, 5) is 15.4. The van der Waals surface area contributed by atoms with Crippen molar-refractivity contribution in [3.05, 3.63) is 35.4 Å². The second-order valence-electron chi connectivity index (χ2n) is 3.37. The highest BCUT2D eigenvalue weighted by molar-refractivity contribution is 6.32. The molecule has 94 valence electrons. The van der Waals surface area contributed by atoms with E-state index in [2.05, 4.69) is 20.5 Å². The van der Waals surface area contributed by atoms with Gasteiger partial charge in [-0.1, -0.05) is 11.6 Å². The minimum Gasteiger partial charge on any atom is -0.492 e. The molecule has 0 fully saturated rings.